The molecule has 0 aromatic heterocycles. The second kappa shape index (κ2) is 9.51. The second-order valence-corrected chi connectivity index (χ2v) is 7.37. The lowest BCUT2D eigenvalue weighted by atomic mass is 10.1. The molecule has 0 fully saturated rings. The monoisotopic (exact) mass is 437 g/mol. The molecule has 0 unspecified atom stereocenters. The smallest absolute Gasteiger partial charge is 0.307 e. The topological polar surface area (TPSA) is 107 Å². The lowest BCUT2D eigenvalue weighted by molar-refractivity contribution is -0.154. The first-order valence-corrected chi connectivity index (χ1v) is 10.3. The van der Waals surface area contributed by atoms with Crippen LogP contribution in [0.3, 0.4) is 0 Å². The van der Waals surface area contributed by atoms with Crippen molar-refractivity contribution >= 4 is 29.2 Å². The van der Waals surface area contributed by atoms with Crippen LogP contribution in [0.15, 0.2) is 53.6 Å². The maximum atomic E-state index is 12.4. The van der Waals surface area contributed by atoms with Crippen LogP contribution in [0.4, 0.5) is 5.69 Å². The zero-order chi connectivity index (χ0) is 22.5. The van der Waals surface area contributed by atoms with Crippen molar-refractivity contribution in [3.8, 4) is 11.5 Å². The Hall–Kier alpha value is -3.88. The van der Waals surface area contributed by atoms with E-state index in [0.29, 0.717) is 30.2 Å². The summed E-state index contributed by atoms with van der Waals surface area (Å²) in [5.74, 6) is -0.236. The minimum absolute atomic E-state index is 0.0408. The van der Waals surface area contributed by atoms with Gasteiger partial charge >= 0.3 is 5.97 Å². The van der Waals surface area contributed by atoms with Crippen LogP contribution >= 0.6 is 0 Å². The summed E-state index contributed by atoms with van der Waals surface area (Å²) in [5.41, 5.74) is 2.32. The molecular formula is C23H23N3O6. The van der Waals surface area contributed by atoms with Crippen molar-refractivity contribution in [2.75, 3.05) is 18.7 Å². The van der Waals surface area contributed by atoms with Gasteiger partial charge in [-0.05, 0) is 24.6 Å². The number of nitrogens with zero attached hydrogens (tertiary/aromatic N) is 2. The van der Waals surface area contributed by atoms with Gasteiger partial charge in [-0.15, -0.1) is 0 Å². The number of esters is 1. The standard InChI is InChI=1S/C23H23N3O6/c1-15(23(29)24-17-7-8-19-20(13-17)31-14-30-19)32-22(28)10-9-21(27)26-12-11-18(25-26)16-5-3-2-4-6-16/h2-8,13,15H,9-12,14H2,1H3,(H,24,29)/t15-/m1/s1. The van der Waals surface area contributed by atoms with E-state index in [1.807, 2.05) is 30.3 Å². The fourth-order valence-electron chi connectivity index (χ4n) is 3.34. The normalized spacial score (nSPS) is 15.2. The van der Waals surface area contributed by atoms with E-state index in [1.54, 1.807) is 18.2 Å². The summed E-state index contributed by atoms with van der Waals surface area (Å²) < 4.78 is 15.7. The van der Waals surface area contributed by atoms with E-state index in [2.05, 4.69) is 10.4 Å². The van der Waals surface area contributed by atoms with Gasteiger partial charge in [0.15, 0.2) is 17.6 Å². The zero-order valence-corrected chi connectivity index (χ0v) is 17.6. The van der Waals surface area contributed by atoms with E-state index < -0.39 is 18.0 Å². The Labute approximate surface area is 184 Å². The first kappa shape index (κ1) is 21.4. The van der Waals surface area contributed by atoms with Gasteiger partial charge in [-0.25, -0.2) is 5.01 Å². The number of nitrogens with one attached hydrogen (secondary N) is 1. The van der Waals surface area contributed by atoms with Crippen LogP contribution in [0.5, 0.6) is 11.5 Å². The zero-order valence-electron chi connectivity index (χ0n) is 17.6. The van der Waals surface area contributed by atoms with Crippen molar-refractivity contribution in [3.05, 3.63) is 54.1 Å². The Balaban J connectivity index is 1.22. The predicted octanol–water partition coefficient (Wildman–Crippen LogP) is 2.70. The third-order valence-electron chi connectivity index (χ3n) is 5.06. The largest absolute Gasteiger partial charge is 0.454 e. The van der Waals surface area contributed by atoms with Crippen molar-refractivity contribution in [2.24, 2.45) is 5.10 Å². The van der Waals surface area contributed by atoms with E-state index >= 15 is 0 Å². The third-order valence-corrected chi connectivity index (χ3v) is 5.06. The molecule has 9 nitrogen and oxygen atoms in total. The highest BCUT2D eigenvalue weighted by molar-refractivity contribution is 6.02. The van der Waals surface area contributed by atoms with Gasteiger partial charge in [0.25, 0.3) is 5.91 Å². The summed E-state index contributed by atoms with van der Waals surface area (Å²) in [5, 5.41) is 8.40. The molecule has 2 heterocycles. The highest BCUT2D eigenvalue weighted by atomic mass is 16.7. The molecule has 0 saturated carbocycles. The fraction of sp³-hybridized carbons (Fsp3) is 0.304. The van der Waals surface area contributed by atoms with Crippen LogP contribution in [-0.4, -0.2) is 47.9 Å². The van der Waals surface area contributed by atoms with E-state index in [0.717, 1.165) is 11.3 Å². The third kappa shape index (κ3) is 5.05. The molecule has 4 rings (SSSR count). The number of carbonyl (C=O) groups is 3. The van der Waals surface area contributed by atoms with Crippen LogP contribution in [0.25, 0.3) is 0 Å². The van der Waals surface area contributed by atoms with Gasteiger partial charge in [-0.1, -0.05) is 30.3 Å². The lowest BCUT2D eigenvalue weighted by Gasteiger charge is -2.14. The Bertz CT molecular complexity index is 1050. The number of amides is 2. The van der Waals surface area contributed by atoms with Crippen LogP contribution < -0.4 is 14.8 Å². The van der Waals surface area contributed by atoms with Crippen LogP contribution in [0, 0.1) is 0 Å². The molecule has 2 amide bonds. The molecule has 9 heteroatoms. The number of hydrazone groups is 1. The molecule has 2 aliphatic rings. The minimum atomic E-state index is -1.02. The van der Waals surface area contributed by atoms with Gasteiger partial charge in [0, 0.05) is 24.6 Å². The molecule has 0 bridgehead atoms. The molecule has 32 heavy (non-hydrogen) atoms. The average molecular weight is 437 g/mol. The summed E-state index contributed by atoms with van der Waals surface area (Å²) in [4.78, 5) is 36.8. The van der Waals surface area contributed by atoms with Crippen molar-refractivity contribution in [3.63, 3.8) is 0 Å². The van der Waals surface area contributed by atoms with Crippen molar-refractivity contribution in [1.29, 1.82) is 0 Å². The molecule has 1 N–H and O–H groups in total. The summed E-state index contributed by atoms with van der Waals surface area (Å²) in [6, 6.07) is 14.6. The highest BCUT2D eigenvalue weighted by Gasteiger charge is 2.24. The predicted molar refractivity (Wildman–Crippen MR) is 115 cm³/mol. The van der Waals surface area contributed by atoms with E-state index in [1.165, 1.54) is 11.9 Å². The number of hydrogen-bond acceptors (Lipinski definition) is 7. The van der Waals surface area contributed by atoms with Crippen LogP contribution in [-0.2, 0) is 19.1 Å². The molecule has 2 aliphatic heterocycles. The van der Waals surface area contributed by atoms with Crippen LogP contribution in [0.2, 0.25) is 0 Å². The fourth-order valence-corrected chi connectivity index (χ4v) is 3.34. The number of hydrogen-bond donors (Lipinski definition) is 1. The van der Waals surface area contributed by atoms with E-state index in [-0.39, 0.29) is 25.5 Å². The molecular weight excluding hydrogens is 414 g/mol. The quantitative estimate of drug-likeness (QED) is 0.668. The Morgan fingerprint density at radius 1 is 1.09 bits per heavy atom. The Morgan fingerprint density at radius 2 is 1.88 bits per heavy atom. The molecule has 2 aromatic rings. The number of benzene rings is 2. The van der Waals surface area contributed by atoms with Gasteiger partial charge < -0.3 is 19.5 Å². The van der Waals surface area contributed by atoms with Gasteiger partial charge in [0.2, 0.25) is 12.7 Å². The Kier molecular flexibility index (Phi) is 6.34. The average Bonchev–Trinajstić information content (AvgIpc) is 3.47. The Morgan fingerprint density at radius 3 is 2.69 bits per heavy atom. The van der Waals surface area contributed by atoms with E-state index in [9.17, 15) is 14.4 Å². The van der Waals surface area contributed by atoms with Gasteiger partial charge in [0.1, 0.15) is 0 Å². The minimum Gasteiger partial charge on any atom is -0.454 e. The first-order chi connectivity index (χ1) is 15.5. The van der Waals surface area contributed by atoms with Gasteiger partial charge in [-0.2, -0.15) is 5.10 Å². The highest BCUT2D eigenvalue weighted by Crippen LogP contribution is 2.34. The molecule has 1 atom stereocenters. The number of rotatable bonds is 7. The molecule has 166 valence electrons. The maximum Gasteiger partial charge on any atom is 0.307 e. The van der Waals surface area contributed by atoms with Crippen molar-refractivity contribution in [2.45, 2.75) is 32.3 Å². The summed E-state index contributed by atoms with van der Waals surface area (Å²) in [7, 11) is 0. The molecule has 0 aliphatic carbocycles. The van der Waals surface area contributed by atoms with Gasteiger partial charge in [-0.3, -0.25) is 14.4 Å². The molecule has 0 spiro atoms. The number of ether oxygens (including phenoxy) is 3. The maximum absolute atomic E-state index is 12.4. The van der Waals surface area contributed by atoms with Crippen molar-refractivity contribution < 1.29 is 28.6 Å². The van der Waals surface area contributed by atoms with E-state index in [4.69, 9.17) is 14.2 Å². The summed E-state index contributed by atoms with van der Waals surface area (Å²) >= 11 is 0. The lowest BCUT2D eigenvalue weighted by Crippen LogP contribution is -2.30. The van der Waals surface area contributed by atoms with Crippen LogP contribution in [0.1, 0.15) is 31.7 Å². The second-order valence-electron chi connectivity index (χ2n) is 7.37. The molecule has 2 aromatic carbocycles. The number of fused-ring (bicyclic) bond motifs is 1. The van der Waals surface area contributed by atoms with Crippen molar-refractivity contribution in [1.82, 2.24) is 5.01 Å². The summed E-state index contributed by atoms with van der Waals surface area (Å²) in [6.45, 7) is 2.08. The molecule has 0 saturated heterocycles. The summed E-state index contributed by atoms with van der Waals surface area (Å²) in [6.07, 6.45) is -0.525. The number of carbonyl (C=O) groups excluding carboxylic acids is 3. The number of anilines is 1. The molecule has 0 radical (unpaired) electrons. The first-order valence-electron chi connectivity index (χ1n) is 10.3. The van der Waals surface area contributed by atoms with Gasteiger partial charge in [0.05, 0.1) is 18.7 Å². The SMILES string of the molecule is C[C@@H](OC(=O)CCC(=O)N1CCC(c2ccccc2)=N1)C(=O)Nc1ccc2c(c1)OCO2.